The van der Waals surface area contributed by atoms with E-state index in [9.17, 15) is 4.79 Å². The second kappa shape index (κ2) is 8.51. The molecule has 0 spiro atoms. The Labute approximate surface area is 161 Å². The molecule has 0 bridgehead atoms. The van der Waals surface area contributed by atoms with Crippen molar-refractivity contribution < 1.29 is 9.32 Å². The summed E-state index contributed by atoms with van der Waals surface area (Å²) in [4.78, 5) is 21.1. The van der Waals surface area contributed by atoms with Crippen molar-refractivity contribution >= 4 is 29.0 Å². The molecule has 0 saturated carbocycles. The van der Waals surface area contributed by atoms with Gasteiger partial charge in [-0.2, -0.15) is 4.98 Å². The SMILES string of the molecule is CCN(Cc1nc(-c2cccs2)no1)C(=O)c1ccccc1SC(C)C. The third-order valence-corrected chi connectivity index (χ3v) is 5.63. The Morgan fingerprint density at radius 1 is 1.27 bits per heavy atom. The number of thioether (sulfide) groups is 1. The number of aromatic nitrogens is 2. The number of amides is 1. The molecule has 0 N–H and O–H groups in total. The average Bonchev–Trinajstić information content (AvgIpc) is 3.30. The number of carbonyl (C=O) groups excluding carboxylic acids is 1. The van der Waals surface area contributed by atoms with Crippen LogP contribution in [0.15, 0.2) is 51.2 Å². The lowest BCUT2D eigenvalue weighted by Gasteiger charge is -2.20. The molecule has 0 aliphatic rings. The molecule has 26 heavy (non-hydrogen) atoms. The molecule has 7 heteroatoms. The first kappa shape index (κ1) is 18.7. The standard InChI is InChI=1S/C19H21N3O2S2/c1-4-22(12-17-20-18(21-24-17)16-10-7-11-25-16)19(23)14-8-5-6-9-15(14)26-13(2)3/h5-11,13H,4,12H2,1-3H3. The number of nitrogens with zero attached hydrogens (tertiary/aromatic N) is 3. The first-order chi connectivity index (χ1) is 12.6. The molecule has 136 valence electrons. The van der Waals surface area contributed by atoms with E-state index in [1.165, 1.54) is 0 Å². The predicted octanol–water partition coefficient (Wildman–Crippen LogP) is 4.96. The maximum atomic E-state index is 13.0. The molecule has 2 heterocycles. The van der Waals surface area contributed by atoms with E-state index in [2.05, 4.69) is 24.0 Å². The van der Waals surface area contributed by atoms with Crippen molar-refractivity contribution in [3.8, 4) is 10.7 Å². The van der Waals surface area contributed by atoms with Gasteiger partial charge in [-0.3, -0.25) is 4.79 Å². The van der Waals surface area contributed by atoms with E-state index in [1.54, 1.807) is 28.0 Å². The molecule has 1 amide bonds. The number of hydrogen-bond acceptors (Lipinski definition) is 6. The largest absolute Gasteiger partial charge is 0.337 e. The number of hydrogen-bond donors (Lipinski definition) is 0. The highest BCUT2D eigenvalue weighted by atomic mass is 32.2. The zero-order valence-corrected chi connectivity index (χ0v) is 16.6. The van der Waals surface area contributed by atoms with Crippen molar-refractivity contribution in [2.45, 2.75) is 37.5 Å². The lowest BCUT2D eigenvalue weighted by molar-refractivity contribution is 0.0731. The summed E-state index contributed by atoms with van der Waals surface area (Å²) in [5.41, 5.74) is 0.714. The van der Waals surface area contributed by atoms with Gasteiger partial charge in [0.25, 0.3) is 5.91 Å². The van der Waals surface area contributed by atoms with E-state index in [-0.39, 0.29) is 5.91 Å². The molecule has 0 radical (unpaired) electrons. The van der Waals surface area contributed by atoms with Crippen LogP contribution < -0.4 is 0 Å². The molecule has 2 aromatic heterocycles. The highest BCUT2D eigenvalue weighted by molar-refractivity contribution is 8.00. The molecule has 1 aromatic carbocycles. The first-order valence-electron chi connectivity index (χ1n) is 8.50. The van der Waals surface area contributed by atoms with E-state index in [0.29, 0.717) is 35.6 Å². The summed E-state index contributed by atoms with van der Waals surface area (Å²) in [7, 11) is 0. The summed E-state index contributed by atoms with van der Waals surface area (Å²) >= 11 is 3.25. The summed E-state index contributed by atoms with van der Waals surface area (Å²) in [5.74, 6) is 0.985. The van der Waals surface area contributed by atoms with Crippen LogP contribution >= 0.6 is 23.1 Å². The Kier molecular flexibility index (Phi) is 6.11. The molecule has 5 nitrogen and oxygen atoms in total. The van der Waals surface area contributed by atoms with Crippen LogP contribution in [0.1, 0.15) is 37.0 Å². The highest BCUT2D eigenvalue weighted by Gasteiger charge is 2.21. The summed E-state index contributed by atoms with van der Waals surface area (Å²) in [5, 5.41) is 6.39. The van der Waals surface area contributed by atoms with E-state index in [0.717, 1.165) is 9.77 Å². The quantitative estimate of drug-likeness (QED) is 0.536. The molecule has 0 saturated heterocycles. The second-order valence-electron chi connectivity index (χ2n) is 5.97. The molecular formula is C19H21N3O2S2. The molecule has 0 aliphatic carbocycles. The van der Waals surface area contributed by atoms with Crippen LogP contribution in [0.25, 0.3) is 10.7 Å². The summed E-state index contributed by atoms with van der Waals surface area (Å²) < 4.78 is 5.35. The lowest BCUT2D eigenvalue weighted by atomic mass is 10.2. The minimum absolute atomic E-state index is 0.0212. The maximum Gasteiger partial charge on any atom is 0.255 e. The molecule has 0 aliphatic heterocycles. The van der Waals surface area contributed by atoms with Crippen LogP contribution in [0.5, 0.6) is 0 Å². The monoisotopic (exact) mass is 387 g/mol. The third kappa shape index (κ3) is 4.34. The normalized spacial score (nSPS) is 11.1. The smallest absolute Gasteiger partial charge is 0.255 e. The minimum Gasteiger partial charge on any atom is -0.337 e. The molecule has 0 atom stereocenters. The van der Waals surface area contributed by atoms with Crippen molar-refractivity contribution in [2.75, 3.05) is 6.54 Å². The summed E-state index contributed by atoms with van der Waals surface area (Å²) in [6.07, 6.45) is 0. The Morgan fingerprint density at radius 3 is 2.77 bits per heavy atom. The Balaban J connectivity index is 1.78. The van der Waals surface area contributed by atoms with Crippen LogP contribution in [-0.4, -0.2) is 32.7 Å². The van der Waals surface area contributed by atoms with Gasteiger partial charge in [-0.1, -0.05) is 37.2 Å². The maximum absolute atomic E-state index is 13.0. The first-order valence-corrected chi connectivity index (χ1v) is 10.3. The van der Waals surface area contributed by atoms with Crippen molar-refractivity contribution in [1.29, 1.82) is 0 Å². The lowest BCUT2D eigenvalue weighted by Crippen LogP contribution is -2.30. The van der Waals surface area contributed by atoms with Gasteiger partial charge in [0.05, 0.1) is 10.4 Å². The fourth-order valence-corrected chi connectivity index (χ4v) is 4.08. The van der Waals surface area contributed by atoms with Crippen molar-refractivity contribution in [3.63, 3.8) is 0 Å². The predicted molar refractivity (Wildman–Crippen MR) is 105 cm³/mol. The van der Waals surface area contributed by atoms with Crippen LogP contribution in [0.4, 0.5) is 0 Å². The van der Waals surface area contributed by atoms with Crippen molar-refractivity contribution in [1.82, 2.24) is 15.0 Å². The summed E-state index contributed by atoms with van der Waals surface area (Å²) in [6, 6.07) is 11.6. The highest BCUT2D eigenvalue weighted by Crippen LogP contribution is 2.28. The summed E-state index contributed by atoms with van der Waals surface area (Å²) in [6.45, 7) is 7.05. The van der Waals surface area contributed by atoms with Gasteiger partial charge in [0.15, 0.2) is 0 Å². The number of rotatable bonds is 7. The molecule has 0 fully saturated rings. The molecule has 3 aromatic rings. The van der Waals surface area contributed by atoms with E-state index in [1.807, 2.05) is 48.7 Å². The van der Waals surface area contributed by atoms with Gasteiger partial charge in [-0.05, 0) is 30.5 Å². The second-order valence-corrected chi connectivity index (χ2v) is 8.54. The Bertz CT molecular complexity index is 859. The number of thiophene rings is 1. The average molecular weight is 388 g/mol. The third-order valence-electron chi connectivity index (χ3n) is 3.68. The van der Waals surface area contributed by atoms with Gasteiger partial charge < -0.3 is 9.42 Å². The van der Waals surface area contributed by atoms with Gasteiger partial charge in [0.2, 0.25) is 11.7 Å². The van der Waals surface area contributed by atoms with Crippen LogP contribution in [0.2, 0.25) is 0 Å². The molecule has 0 unspecified atom stereocenters. The van der Waals surface area contributed by atoms with E-state index < -0.39 is 0 Å². The van der Waals surface area contributed by atoms with E-state index in [4.69, 9.17) is 4.52 Å². The van der Waals surface area contributed by atoms with Crippen LogP contribution in [0, 0.1) is 0 Å². The zero-order chi connectivity index (χ0) is 18.5. The van der Waals surface area contributed by atoms with E-state index >= 15 is 0 Å². The zero-order valence-electron chi connectivity index (χ0n) is 15.0. The Morgan fingerprint density at radius 2 is 2.08 bits per heavy atom. The van der Waals surface area contributed by atoms with Gasteiger partial charge in [-0.15, -0.1) is 23.1 Å². The topological polar surface area (TPSA) is 59.2 Å². The van der Waals surface area contributed by atoms with Crippen LogP contribution in [0.3, 0.4) is 0 Å². The molecular weight excluding hydrogens is 366 g/mol. The van der Waals surface area contributed by atoms with Gasteiger partial charge in [0.1, 0.15) is 6.54 Å². The Hall–Kier alpha value is -2.12. The molecule has 3 rings (SSSR count). The fourth-order valence-electron chi connectivity index (χ4n) is 2.49. The van der Waals surface area contributed by atoms with Crippen LogP contribution in [-0.2, 0) is 6.54 Å². The van der Waals surface area contributed by atoms with Gasteiger partial charge in [-0.25, -0.2) is 0 Å². The number of carbonyl (C=O) groups is 1. The van der Waals surface area contributed by atoms with Crippen molar-refractivity contribution in [3.05, 3.63) is 53.2 Å². The minimum atomic E-state index is -0.0212. The van der Waals surface area contributed by atoms with Gasteiger partial charge in [0, 0.05) is 16.7 Å². The van der Waals surface area contributed by atoms with Crippen molar-refractivity contribution in [2.24, 2.45) is 0 Å². The fraction of sp³-hybridized carbons (Fsp3) is 0.316. The van der Waals surface area contributed by atoms with Gasteiger partial charge >= 0.3 is 0 Å². The number of benzene rings is 1.